The molecule has 3 aliphatic rings. The maximum Gasteiger partial charge on any atom is 0.410 e. The molecule has 1 aromatic heterocycles. The van der Waals surface area contributed by atoms with Crippen molar-refractivity contribution in [1.82, 2.24) is 19.6 Å². The van der Waals surface area contributed by atoms with Gasteiger partial charge in [-0.2, -0.15) is 5.10 Å². The van der Waals surface area contributed by atoms with Crippen molar-refractivity contribution in [3.63, 3.8) is 0 Å². The SMILES string of the molecule is COCC(=O)N(C)C1CCN(c2cc(C)n(C3CC4(C3)CN(C(=O)OC(C)(C)C)C4)n2)C(C)(C)C1. The number of methoxy groups -OCH3 is 1. The van der Waals surface area contributed by atoms with Gasteiger partial charge < -0.3 is 24.2 Å². The number of nitrogens with zero attached hydrogens (tertiary/aromatic N) is 5. The molecular formula is C26H43N5O4. The Kier molecular flexibility index (Phi) is 6.62. The third-order valence-corrected chi connectivity index (χ3v) is 7.93. The zero-order valence-corrected chi connectivity index (χ0v) is 22.8. The van der Waals surface area contributed by atoms with E-state index >= 15 is 0 Å². The van der Waals surface area contributed by atoms with Crippen LogP contribution in [0.25, 0.3) is 0 Å². The quantitative estimate of drug-likeness (QED) is 0.629. The lowest BCUT2D eigenvalue weighted by Crippen LogP contribution is -2.64. The van der Waals surface area contributed by atoms with Crippen molar-refractivity contribution in [3.05, 3.63) is 11.8 Å². The molecule has 3 fully saturated rings. The van der Waals surface area contributed by atoms with Crippen LogP contribution in [0.1, 0.15) is 72.0 Å². The third-order valence-electron chi connectivity index (χ3n) is 7.93. The van der Waals surface area contributed by atoms with Gasteiger partial charge in [0.05, 0.1) is 6.04 Å². The van der Waals surface area contributed by atoms with Crippen LogP contribution in [-0.4, -0.2) is 89.2 Å². The number of carbonyl (C=O) groups is 2. The first kappa shape index (κ1) is 25.8. The zero-order chi connectivity index (χ0) is 25.8. The van der Waals surface area contributed by atoms with Gasteiger partial charge in [0, 0.05) is 62.5 Å². The molecule has 0 aromatic carbocycles. The highest BCUT2D eigenvalue weighted by atomic mass is 16.6. The van der Waals surface area contributed by atoms with Crippen molar-refractivity contribution >= 4 is 17.8 Å². The number of hydrogen-bond acceptors (Lipinski definition) is 6. The van der Waals surface area contributed by atoms with Crippen LogP contribution in [0.2, 0.25) is 0 Å². The number of aromatic nitrogens is 2. The molecule has 1 aromatic rings. The predicted octanol–water partition coefficient (Wildman–Crippen LogP) is 3.62. The van der Waals surface area contributed by atoms with Gasteiger partial charge in [-0.1, -0.05) is 0 Å². The van der Waals surface area contributed by atoms with Crippen LogP contribution >= 0.6 is 0 Å². The number of anilines is 1. The Morgan fingerprint density at radius 3 is 2.43 bits per heavy atom. The minimum absolute atomic E-state index is 0.0296. The topological polar surface area (TPSA) is 80.1 Å². The second kappa shape index (κ2) is 8.98. The Labute approximate surface area is 209 Å². The zero-order valence-electron chi connectivity index (χ0n) is 22.8. The Morgan fingerprint density at radius 2 is 1.86 bits per heavy atom. The highest BCUT2D eigenvalue weighted by Gasteiger charge is 2.55. The van der Waals surface area contributed by atoms with Crippen LogP contribution in [0.4, 0.5) is 10.6 Å². The van der Waals surface area contributed by atoms with Gasteiger partial charge in [0.2, 0.25) is 5.91 Å². The lowest BCUT2D eigenvalue weighted by atomic mass is 9.61. The molecule has 35 heavy (non-hydrogen) atoms. The molecule has 9 heteroatoms. The second-order valence-corrected chi connectivity index (χ2v) is 12.5. The van der Waals surface area contributed by atoms with E-state index in [0.29, 0.717) is 6.04 Å². The van der Waals surface area contributed by atoms with Gasteiger partial charge in [-0.3, -0.25) is 9.48 Å². The molecule has 1 unspecified atom stereocenters. The molecule has 1 saturated carbocycles. The lowest BCUT2D eigenvalue weighted by molar-refractivity contribution is -0.136. The van der Waals surface area contributed by atoms with Crippen LogP contribution in [0, 0.1) is 12.3 Å². The Bertz CT molecular complexity index is 951. The third kappa shape index (κ3) is 5.15. The van der Waals surface area contributed by atoms with Crippen molar-refractivity contribution < 1.29 is 19.1 Å². The van der Waals surface area contributed by atoms with Gasteiger partial charge in [0.1, 0.15) is 12.2 Å². The molecule has 0 bridgehead atoms. The van der Waals surface area contributed by atoms with E-state index in [1.54, 1.807) is 7.11 Å². The van der Waals surface area contributed by atoms with Gasteiger partial charge in [-0.15, -0.1) is 0 Å². The van der Waals surface area contributed by atoms with Gasteiger partial charge in [-0.05, 0) is 67.2 Å². The maximum atomic E-state index is 12.3. The van der Waals surface area contributed by atoms with E-state index in [4.69, 9.17) is 14.6 Å². The summed E-state index contributed by atoms with van der Waals surface area (Å²) in [6.45, 7) is 14.9. The lowest BCUT2D eigenvalue weighted by Gasteiger charge is -2.58. The second-order valence-electron chi connectivity index (χ2n) is 12.5. The summed E-state index contributed by atoms with van der Waals surface area (Å²) >= 11 is 0. The van der Waals surface area contributed by atoms with E-state index in [1.807, 2.05) is 37.6 Å². The van der Waals surface area contributed by atoms with Crippen molar-refractivity contribution in [2.45, 2.75) is 90.4 Å². The van der Waals surface area contributed by atoms with Crippen LogP contribution < -0.4 is 4.90 Å². The molecule has 4 rings (SSSR count). The normalized spacial score (nSPS) is 23.6. The van der Waals surface area contributed by atoms with Crippen molar-refractivity contribution in [2.24, 2.45) is 5.41 Å². The number of piperidine rings is 1. The smallest absolute Gasteiger partial charge is 0.410 e. The largest absolute Gasteiger partial charge is 0.444 e. The monoisotopic (exact) mass is 489 g/mol. The van der Waals surface area contributed by atoms with Gasteiger partial charge in [0.25, 0.3) is 0 Å². The fourth-order valence-electron chi connectivity index (χ4n) is 6.12. The molecule has 9 nitrogen and oxygen atoms in total. The molecule has 1 atom stereocenters. The van der Waals surface area contributed by atoms with E-state index in [-0.39, 0.29) is 35.6 Å². The summed E-state index contributed by atoms with van der Waals surface area (Å²) in [5.41, 5.74) is 0.825. The first-order valence-corrected chi connectivity index (χ1v) is 12.8. The number of ether oxygens (including phenoxy) is 2. The first-order chi connectivity index (χ1) is 16.2. The number of amides is 2. The van der Waals surface area contributed by atoms with Crippen LogP contribution in [0.3, 0.4) is 0 Å². The Morgan fingerprint density at radius 1 is 1.20 bits per heavy atom. The van der Waals surface area contributed by atoms with E-state index in [1.165, 1.54) is 5.69 Å². The number of carbonyl (C=O) groups excluding carboxylic acids is 2. The first-order valence-electron chi connectivity index (χ1n) is 12.8. The van der Waals surface area contributed by atoms with Crippen molar-refractivity contribution in [3.8, 4) is 0 Å². The van der Waals surface area contributed by atoms with Crippen LogP contribution in [-0.2, 0) is 14.3 Å². The molecule has 2 aliphatic heterocycles. The Balaban J connectivity index is 1.35. The highest BCUT2D eigenvalue weighted by molar-refractivity contribution is 5.77. The summed E-state index contributed by atoms with van der Waals surface area (Å²) in [4.78, 5) is 30.7. The molecule has 0 radical (unpaired) electrons. The molecule has 1 aliphatic carbocycles. The summed E-state index contributed by atoms with van der Waals surface area (Å²) < 4.78 is 12.7. The van der Waals surface area contributed by atoms with Gasteiger partial charge >= 0.3 is 6.09 Å². The molecule has 2 amide bonds. The number of aryl methyl sites for hydroxylation is 1. The summed E-state index contributed by atoms with van der Waals surface area (Å²) in [6.07, 6.45) is 3.69. The number of rotatable bonds is 5. The molecule has 196 valence electrons. The number of hydrogen-bond donors (Lipinski definition) is 0. The fourth-order valence-corrected chi connectivity index (χ4v) is 6.12. The van der Waals surface area contributed by atoms with Gasteiger partial charge in [-0.25, -0.2) is 4.79 Å². The van der Waals surface area contributed by atoms with E-state index in [9.17, 15) is 9.59 Å². The molecule has 1 spiro atoms. The standard InChI is InChI=1S/C26H43N5O4/c1-18-11-21(30-10-9-19(12-25(30,5)6)28(7)22(32)15-34-8)27-31(18)20-13-26(14-20)16-29(17-26)23(33)35-24(2,3)4/h11,19-20H,9-10,12-17H2,1-8H3. The van der Waals surface area contributed by atoms with Crippen LogP contribution in [0.15, 0.2) is 6.07 Å². The average Bonchev–Trinajstić information content (AvgIpc) is 3.04. The molecule has 3 heterocycles. The molecule has 2 saturated heterocycles. The fraction of sp³-hybridized carbons (Fsp3) is 0.808. The van der Waals surface area contributed by atoms with Crippen molar-refractivity contribution in [1.29, 1.82) is 0 Å². The summed E-state index contributed by atoms with van der Waals surface area (Å²) in [5.74, 6) is 1.05. The van der Waals surface area contributed by atoms with E-state index in [2.05, 4.69) is 36.4 Å². The maximum absolute atomic E-state index is 12.3. The van der Waals surface area contributed by atoms with E-state index < -0.39 is 5.60 Å². The predicted molar refractivity (Wildman–Crippen MR) is 135 cm³/mol. The minimum Gasteiger partial charge on any atom is -0.444 e. The van der Waals surface area contributed by atoms with Gasteiger partial charge in [0.15, 0.2) is 5.82 Å². The Hall–Kier alpha value is -2.29. The van der Waals surface area contributed by atoms with Crippen LogP contribution in [0.5, 0.6) is 0 Å². The average molecular weight is 490 g/mol. The minimum atomic E-state index is -0.457. The number of likely N-dealkylation sites (tertiary alicyclic amines) is 1. The highest BCUT2D eigenvalue weighted by Crippen LogP contribution is 2.54. The molecule has 0 N–H and O–H groups in total. The van der Waals surface area contributed by atoms with Crippen molar-refractivity contribution in [2.75, 3.05) is 45.3 Å². The number of likely N-dealkylation sites (N-methyl/N-ethyl adjacent to an activating group) is 1. The molecular weight excluding hydrogens is 446 g/mol. The summed E-state index contributed by atoms with van der Waals surface area (Å²) in [7, 11) is 3.44. The summed E-state index contributed by atoms with van der Waals surface area (Å²) in [5, 5.41) is 5.05. The summed E-state index contributed by atoms with van der Waals surface area (Å²) in [6, 6.07) is 2.77. The van der Waals surface area contributed by atoms with E-state index in [0.717, 1.165) is 51.1 Å².